The van der Waals surface area contributed by atoms with Crippen LogP contribution in [0.25, 0.3) is 0 Å². The van der Waals surface area contributed by atoms with Gasteiger partial charge in [0, 0.05) is 13.0 Å². The number of rotatable bonds is 11. The Labute approximate surface area is 152 Å². The number of carbonyl (C=O) groups is 1. The zero-order valence-corrected chi connectivity index (χ0v) is 15.2. The average Bonchev–Trinajstić information content (AvgIpc) is 2.64. The van der Waals surface area contributed by atoms with Gasteiger partial charge in [-0.15, -0.1) is 0 Å². The van der Waals surface area contributed by atoms with Gasteiger partial charge in [-0.25, -0.2) is 0 Å². The number of ether oxygens (including phenoxy) is 2. The summed E-state index contributed by atoms with van der Waals surface area (Å²) in [4.78, 5) is 34.7. The van der Waals surface area contributed by atoms with Crippen molar-refractivity contribution in [1.82, 2.24) is 0 Å². The lowest BCUT2D eigenvalue weighted by atomic mass is 10.1. The van der Waals surface area contributed by atoms with E-state index in [0.29, 0.717) is 19.6 Å². The van der Waals surface area contributed by atoms with E-state index in [0.717, 1.165) is 24.8 Å². The molecular weight excluding hydrogens is 334 g/mol. The zero-order valence-electron chi connectivity index (χ0n) is 15.2. The maximum absolute atomic E-state index is 11.7. The molecule has 0 spiro atoms. The second-order valence-corrected chi connectivity index (χ2v) is 6.41. The minimum Gasteiger partial charge on any atom is -0.485 e. The molecule has 2 aromatic rings. The quantitative estimate of drug-likeness (QED) is 0.377. The van der Waals surface area contributed by atoms with Crippen LogP contribution in [0.4, 0.5) is 5.69 Å². The Morgan fingerprint density at radius 3 is 2.46 bits per heavy atom. The monoisotopic (exact) mass is 359 g/mol. The van der Waals surface area contributed by atoms with Gasteiger partial charge in [-0.2, -0.15) is 0 Å². The Morgan fingerprint density at radius 1 is 1.04 bits per heavy atom. The predicted octanol–water partition coefficient (Wildman–Crippen LogP) is 2.79. The van der Waals surface area contributed by atoms with E-state index in [9.17, 15) is 14.4 Å². The molecule has 0 atom stereocenters. The topological polar surface area (TPSA) is 81.7 Å². The smallest absolute Gasteiger partial charge is 0.306 e. The molecule has 6 nitrogen and oxygen atoms in total. The number of hydrogen-bond acceptors (Lipinski definition) is 6. The van der Waals surface area contributed by atoms with Crippen molar-refractivity contribution >= 4 is 11.7 Å². The highest BCUT2D eigenvalue weighted by molar-refractivity contribution is 5.69. The lowest BCUT2D eigenvalue weighted by Gasteiger charge is -2.16. The summed E-state index contributed by atoms with van der Waals surface area (Å²) in [6.07, 6.45) is 2.54. The number of anilines is 1. The largest absolute Gasteiger partial charge is 0.485 e. The fraction of sp³-hybridized carbons (Fsp3) is 0.450. The minimum atomic E-state index is -0.567. The van der Waals surface area contributed by atoms with E-state index < -0.39 is 10.9 Å². The second-order valence-electron chi connectivity index (χ2n) is 6.41. The number of benzene rings is 1. The van der Waals surface area contributed by atoms with Crippen LogP contribution >= 0.6 is 0 Å². The molecule has 0 saturated heterocycles. The number of hydrogen-bond donors (Lipinski definition) is 1. The fourth-order valence-corrected chi connectivity index (χ4v) is 2.47. The summed E-state index contributed by atoms with van der Waals surface area (Å²) >= 11 is 0. The SMILES string of the molecule is CC(C)Oc1c(NCCCCCC(=O)OCc2ccccc2)c(=O)c1=O. The minimum absolute atomic E-state index is 0.134. The van der Waals surface area contributed by atoms with Crippen LogP contribution in [0, 0.1) is 0 Å². The lowest BCUT2D eigenvalue weighted by molar-refractivity contribution is -0.145. The first-order chi connectivity index (χ1) is 12.5. The Morgan fingerprint density at radius 2 is 1.77 bits per heavy atom. The number of esters is 1. The van der Waals surface area contributed by atoms with Crippen LogP contribution in [-0.4, -0.2) is 18.6 Å². The molecule has 0 heterocycles. The van der Waals surface area contributed by atoms with Crippen molar-refractivity contribution < 1.29 is 14.3 Å². The molecule has 0 radical (unpaired) electrons. The number of unbranched alkanes of at least 4 members (excludes halogenated alkanes) is 2. The van der Waals surface area contributed by atoms with Gasteiger partial charge in [-0.05, 0) is 32.3 Å². The summed E-state index contributed by atoms with van der Waals surface area (Å²) in [5.41, 5.74) is 0.149. The van der Waals surface area contributed by atoms with E-state index >= 15 is 0 Å². The molecule has 0 aromatic heterocycles. The number of carbonyl (C=O) groups excluding carboxylic acids is 1. The van der Waals surface area contributed by atoms with Crippen molar-refractivity contribution in [2.75, 3.05) is 11.9 Å². The van der Waals surface area contributed by atoms with Crippen molar-refractivity contribution in [3.8, 4) is 5.75 Å². The number of nitrogens with one attached hydrogen (secondary N) is 1. The molecule has 0 saturated carbocycles. The maximum atomic E-state index is 11.7. The van der Waals surface area contributed by atoms with Gasteiger partial charge < -0.3 is 14.8 Å². The molecule has 6 heteroatoms. The Hall–Kier alpha value is -2.63. The third kappa shape index (κ3) is 5.72. The summed E-state index contributed by atoms with van der Waals surface area (Å²) in [6.45, 7) is 4.46. The van der Waals surface area contributed by atoms with Gasteiger partial charge in [0.15, 0.2) is 5.75 Å². The molecule has 2 rings (SSSR count). The molecule has 140 valence electrons. The van der Waals surface area contributed by atoms with E-state index in [1.54, 1.807) is 13.8 Å². The molecule has 0 bridgehead atoms. The molecule has 0 fully saturated rings. The first-order valence-electron chi connectivity index (χ1n) is 8.92. The summed E-state index contributed by atoms with van der Waals surface area (Å²) < 4.78 is 10.6. The third-order valence-electron chi connectivity index (χ3n) is 3.82. The molecule has 26 heavy (non-hydrogen) atoms. The van der Waals surface area contributed by atoms with Crippen molar-refractivity contribution in [3.05, 3.63) is 56.3 Å². The normalized spacial score (nSPS) is 10.9. The van der Waals surface area contributed by atoms with E-state index in [-0.39, 0.29) is 23.5 Å². The van der Waals surface area contributed by atoms with Crippen LogP contribution in [0.2, 0.25) is 0 Å². The Bertz CT molecular complexity index is 775. The molecule has 1 N–H and O–H groups in total. The highest BCUT2D eigenvalue weighted by atomic mass is 16.5. The van der Waals surface area contributed by atoms with Crippen LogP contribution in [0.1, 0.15) is 45.1 Å². The van der Waals surface area contributed by atoms with E-state index in [1.807, 2.05) is 30.3 Å². The van der Waals surface area contributed by atoms with Crippen LogP contribution in [-0.2, 0) is 16.1 Å². The standard InChI is InChI=1S/C20H25NO5/c1-14(2)26-20-17(18(23)19(20)24)21-12-8-4-7-11-16(22)25-13-15-9-5-3-6-10-15/h3,5-6,9-10,14,21H,4,7-8,11-13H2,1-2H3. The molecule has 0 aliphatic heterocycles. The van der Waals surface area contributed by atoms with Crippen LogP contribution in [0.5, 0.6) is 5.75 Å². The molecule has 0 aliphatic rings. The van der Waals surface area contributed by atoms with Crippen LogP contribution < -0.4 is 20.9 Å². The van der Waals surface area contributed by atoms with Gasteiger partial charge >= 0.3 is 5.97 Å². The second kappa shape index (κ2) is 9.75. The maximum Gasteiger partial charge on any atom is 0.306 e. The molecular formula is C20H25NO5. The summed E-state index contributed by atoms with van der Waals surface area (Å²) in [5.74, 6) is -0.0774. The Kier molecular flexibility index (Phi) is 7.38. The predicted molar refractivity (Wildman–Crippen MR) is 100 cm³/mol. The van der Waals surface area contributed by atoms with Gasteiger partial charge in [0.1, 0.15) is 12.3 Å². The van der Waals surface area contributed by atoms with E-state index in [2.05, 4.69) is 5.32 Å². The van der Waals surface area contributed by atoms with E-state index in [1.165, 1.54) is 0 Å². The molecule has 0 aliphatic carbocycles. The highest BCUT2D eigenvalue weighted by Gasteiger charge is 2.22. The summed E-state index contributed by atoms with van der Waals surface area (Å²) in [7, 11) is 0. The summed E-state index contributed by atoms with van der Waals surface area (Å²) in [5, 5.41) is 2.96. The third-order valence-corrected chi connectivity index (χ3v) is 3.82. The zero-order chi connectivity index (χ0) is 18.9. The van der Waals surface area contributed by atoms with Crippen molar-refractivity contribution in [2.24, 2.45) is 0 Å². The van der Waals surface area contributed by atoms with E-state index in [4.69, 9.17) is 9.47 Å². The molecule has 0 unspecified atom stereocenters. The molecule has 0 amide bonds. The van der Waals surface area contributed by atoms with Crippen LogP contribution in [0.15, 0.2) is 39.9 Å². The first-order valence-corrected chi connectivity index (χ1v) is 8.92. The van der Waals surface area contributed by atoms with Gasteiger partial charge in [-0.3, -0.25) is 14.4 Å². The fourth-order valence-electron chi connectivity index (χ4n) is 2.47. The first kappa shape index (κ1) is 19.7. The Balaban J connectivity index is 1.58. The van der Waals surface area contributed by atoms with Crippen molar-refractivity contribution in [2.45, 2.75) is 52.2 Å². The van der Waals surface area contributed by atoms with Crippen molar-refractivity contribution in [3.63, 3.8) is 0 Å². The average molecular weight is 359 g/mol. The van der Waals surface area contributed by atoms with Gasteiger partial charge in [0.05, 0.1) is 6.10 Å². The van der Waals surface area contributed by atoms with Crippen LogP contribution in [0.3, 0.4) is 0 Å². The van der Waals surface area contributed by atoms with Gasteiger partial charge in [0.2, 0.25) is 0 Å². The molecule has 2 aromatic carbocycles. The lowest BCUT2D eigenvalue weighted by Crippen LogP contribution is -2.37. The summed E-state index contributed by atoms with van der Waals surface area (Å²) in [6, 6.07) is 9.56. The van der Waals surface area contributed by atoms with Gasteiger partial charge in [-0.1, -0.05) is 36.8 Å². The highest BCUT2D eigenvalue weighted by Crippen LogP contribution is 2.18. The van der Waals surface area contributed by atoms with Crippen molar-refractivity contribution in [1.29, 1.82) is 0 Å². The van der Waals surface area contributed by atoms with Gasteiger partial charge in [0.25, 0.3) is 10.9 Å².